The molecule has 0 aliphatic rings. The van der Waals surface area contributed by atoms with Gasteiger partial charge in [0.15, 0.2) is 5.65 Å². The Kier molecular flexibility index (Phi) is 5.90. The van der Waals surface area contributed by atoms with Gasteiger partial charge in [-0.1, -0.05) is 34.1 Å². The van der Waals surface area contributed by atoms with Gasteiger partial charge in [-0.3, -0.25) is 4.98 Å². The van der Waals surface area contributed by atoms with Crippen molar-refractivity contribution in [3.8, 4) is 22.4 Å². The van der Waals surface area contributed by atoms with E-state index in [-0.39, 0.29) is 6.04 Å². The zero-order valence-electron chi connectivity index (χ0n) is 18.7. The number of hydrogen-bond acceptors (Lipinski definition) is 7. The molecule has 168 valence electrons. The van der Waals surface area contributed by atoms with E-state index in [9.17, 15) is 0 Å². The summed E-state index contributed by atoms with van der Waals surface area (Å²) in [5.74, 6) is 1.25. The van der Waals surface area contributed by atoms with Crippen molar-refractivity contribution < 1.29 is 0 Å². The minimum Gasteiger partial charge on any atom is -0.383 e. The van der Waals surface area contributed by atoms with Crippen molar-refractivity contribution in [2.75, 3.05) is 17.7 Å². The highest BCUT2D eigenvalue weighted by molar-refractivity contribution is 9.10. The fourth-order valence-electron chi connectivity index (χ4n) is 3.89. The lowest BCUT2D eigenvalue weighted by Crippen LogP contribution is -2.23. The molecule has 1 atom stereocenters. The second-order valence-corrected chi connectivity index (χ2v) is 8.89. The molecule has 5 aromatic rings. The number of benzene rings is 1. The van der Waals surface area contributed by atoms with Crippen molar-refractivity contribution >= 4 is 38.6 Å². The van der Waals surface area contributed by atoms with E-state index in [1.807, 2.05) is 73.9 Å². The topological polar surface area (TPSA) is 93.7 Å². The Morgan fingerprint density at radius 2 is 1.79 bits per heavy atom. The van der Waals surface area contributed by atoms with Gasteiger partial charge >= 0.3 is 0 Å². The second kappa shape index (κ2) is 9.15. The van der Waals surface area contributed by atoms with Crippen LogP contribution in [0.1, 0.15) is 18.7 Å². The van der Waals surface area contributed by atoms with Crippen molar-refractivity contribution in [1.82, 2.24) is 24.9 Å². The van der Waals surface area contributed by atoms with Crippen LogP contribution in [0.25, 0.3) is 33.4 Å². The third-order valence-corrected chi connectivity index (χ3v) is 6.36. The van der Waals surface area contributed by atoms with Crippen molar-refractivity contribution in [1.29, 1.82) is 0 Å². The molecule has 2 N–H and O–H groups in total. The first-order chi connectivity index (χ1) is 16.5. The smallest absolute Gasteiger partial charge is 0.165 e. The van der Waals surface area contributed by atoms with Crippen molar-refractivity contribution in [3.63, 3.8) is 0 Å². The zero-order valence-corrected chi connectivity index (χ0v) is 20.3. The van der Waals surface area contributed by atoms with Gasteiger partial charge in [0.05, 0.1) is 22.8 Å². The number of anilines is 2. The Morgan fingerprint density at radius 1 is 0.912 bits per heavy atom. The van der Waals surface area contributed by atoms with E-state index >= 15 is 0 Å². The molecule has 4 aromatic heterocycles. The molecular formula is C26H22BrN7. The zero-order chi connectivity index (χ0) is 23.7. The number of nitrogens with zero attached hydrogens (tertiary/aromatic N) is 6. The predicted molar refractivity (Wildman–Crippen MR) is 139 cm³/mol. The van der Waals surface area contributed by atoms with Crippen molar-refractivity contribution in [3.05, 3.63) is 89.6 Å². The highest BCUT2D eigenvalue weighted by Gasteiger charge is 2.16. The first-order valence-electron chi connectivity index (χ1n) is 10.8. The molecule has 0 saturated heterocycles. The number of fused-ring (bicyclic) bond motifs is 1. The summed E-state index contributed by atoms with van der Waals surface area (Å²) in [7, 11) is 2.01. The van der Waals surface area contributed by atoms with Gasteiger partial charge in [-0.2, -0.15) is 0 Å². The van der Waals surface area contributed by atoms with E-state index in [0.717, 1.165) is 43.8 Å². The lowest BCUT2D eigenvalue weighted by Gasteiger charge is -2.25. The Hall–Kier alpha value is -3.91. The summed E-state index contributed by atoms with van der Waals surface area (Å²) in [6.07, 6.45) is 5.08. The Morgan fingerprint density at radius 3 is 2.53 bits per heavy atom. The van der Waals surface area contributed by atoms with Gasteiger partial charge in [-0.25, -0.2) is 19.9 Å². The van der Waals surface area contributed by atoms with Gasteiger partial charge in [0.1, 0.15) is 18.0 Å². The Labute approximate surface area is 205 Å². The molecule has 0 aliphatic carbocycles. The van der Waals surface area contributed by atoms with Crippen LogP contribution in [0.4, 0.5) is 11.6 Å². The van der Waals surface area contributed by atoms with E-state index < -0.39 is 0 Å². The van der Waals surface area contributed by atoms with Crippen molar-refractivity contribution in [2.24, 2.45) is 0 Å². The van der Waals surface area contributed by atoms with Crippen LogP contribution >= 0.6 is 15.9 Å². The largest absolute Gasteiger partial charge is 0.383 e. The van der Waals surface area contributed by atoms with E-state index in [4.69, 9.17) is 15.7 Å². The monoisotopic (exact) mass is 511 g/mol. The lowest BCUT2D eigenvalue weighted by atomic mass is 10.0. The molecule has 1 aromatic carbocycles. The van der Waals surface area contributed by atoms with Gasteiger partial charge in [0, 0.05) is 29.5 Å². The first kappa shape index (κ1) is 21.9. The van der Waals surface area contributed by atoms with Crippen LogP contribution in [-0.4, -0.2) is 32.0 Å². The molecule has 0 saturated carbocycles. The normalized spacial score (nSPS) is 12.0. The van der Waals surface area contributed by atoms with Crippen LogP contribution in [-0.2, 0) is 0 Å². The predicted octanol–water partition coefficient (Wildman–Crippen LogP) is 5.69. The first-order valence-corrected chi connectivity index (χ1v) is 11.6. The summed E-state index contributed by atoms with van der Waals surface area (Å²) < 4.78 is 0.975. The second-order valence-electron chi connectivity index (χ2n) is 7.97. The third kappa shape index (κ3) is 4.20. The summed E-state index contributed by atoms with van der Waals surface area (Å²) in [4.78, 5) is 24.6. The molecule has 8 heteroatoms. The van der Waals surface area contributed by atoms with Crippen molar-refractivity contribution in [2.45, 2.75) is 13.0 Å². The molecule has 5 rings (SSSR count). The maximum Gasteiger partial charge on any atom is 0.165 e. The number of nitrogen functional groups attached to an aromatic ring is 1. The molecule has 1 unspecified atom stereocenters. The van der Waals surface area contributed by atoms with Crippen LogP contribution in [0.5, 0.6) is 0 Å². The van der Waals surface area contributed by atoms with E-state index in [0.29, 0.717) is 11.5 Å². The Balaban J connectivity index is 1.55. The standard InChI is InChI=1S/C26H22BrN7/c1-16(21-8-3-4-11-29-21)34(2)23-10-9-18(14-30-23)22-13-20(17-6-5-7-19(27)12-17)24-25(28)31-15-32-26(24)33-22/h3-16H,1-2H3,(H2,28,31,32,33). The van der Waals surface area contributed by atoms with E-state index in [1.165, 1.54) is 6.33 Å². The quantitative estimate of drug-likeness (QED) is 0.323. The van der Waals surface area contributed by atoms with Gasteiger partial charge in [0.25, 0.3) is 0 Å². The minimum absolute atomic E-state index is 0.0844. The molecular weight excluding hydrogens is 490 g/mol. The van der Waals surface area contributed by atoms with Crippen LogP contribution in [0.3, 0.4) is 0 Å². The summed E-state index contributed by atoms with van der Waals surface area (Å²) >= 11 is 3.56. The van der Waals surface area contributed by atoms with Gasteiger partial charge in [0.2, 0.25) is 0 Å². The summed E-state index contributed by atoms with van der Waals surface area (Å²) in [5, 5.41) is 0.734. The lowest BCUT2D eigenvalue weighted by molar-refractivity contribution is 0.705. The third-order valence-electron chi connectivity index (χ3n) is 5.87. The minimum atomic E-state index is 0.0844. The number of pyridine rings is 3. The maximum absolute atomic E-state index is 6.22. The number of hydrogen-bond donors (Lipinski definition) is 1. The van der Waals surface area contributed by atoms with Gasteiger partial charge in [-0.15, -0.1) is 0 Å². The summed E-state index contributed by atoms with van der Waals surface area (Å²) in [5.41, 5.74) is 11.3. The summed E-state index contributed by atoms with van der Waals surface area (Å²) in [6.45, 7) is 2.11. The van der Waals surface area contributed by atoms with Crippen LogP contribution in [0.2, 0.25) is 0 Å². The fourth-order valence-corrected chi connectivity index (χ4v) is 4.28. The number of halogens is 1. The average Bonchev–Trinajstić information content (AvgIpc) is 2.88. The highest BCUT2D eigenvalue weighted by atomic mass is 79.9. The maximum atomic E-state index is 6.22. The number of nitrogens with two attached hydrogens (primary N) is 1. The molecule has 34 heavy (non-hydrogen) atoms. The van der Waals surface area contributed by atoms with Crippen LogP contribution < -0.4 is 10.6 Å². The van der Waals surface area contributed by atoms with E-state index in [1.54, 1.807) is 6.20 Å². The molecule has 0 radical (unpaired) electrons. The number of rotatable bonds is 5. The van der Waals surface area contributed by atoms with Crippen LogP contribution in [0.15, 0.2) is 83.9 Å². The molecule has 4 heterocycles. The highest BCUT2D eigenvalue weighted by Crippen LogP contribution is 2.35. The van der Waals surface area contributed by atoms with Gasteiger partial charge < -0.3 is 10.6 Å². The number of aromatic nitrogens is 5. The fraction of sp³-hybridized carbons (Fsp3) is 0.115. The van der Waals surface area contributed by atoms with Crippen LogP contribution in [0, 0.1) is 0 Å². The summed E-state index contributed by atoms with van der Waals surface area (Å²) in [6, 6.07) is 20.1. The molecule has 0 bridgehead atoms. The molecule has 0 amide bonds. The molecule has 0 aliphatic heterocycles. The Bertz CT molecular complexity index is 1460. The molecule has 0 spiro atoms. The molecule has 0 fully saturated rings. The molecule has 7 nitrogen and oxygen atoms in total. The van der Waals surface area contributed by atoms with Gasteiger partial charge in [-0.05, 0) is 60.5 Å². The average molecular weight is 512 g/mol. The van der Waals surface area contributed by atoms with E-state index in [2.05, 4.69) is 42.7 Å². The SMILES string of the molecule is CC(c1ccccn1)N(C)c1ccc(-c2cc(-c3cccc(Br)c3)c3c(N)ncnc3n2)cn1.